The summed E-state index contributed by atoms with van der Waals surface area (Å²) in [6.45, 7) is 4.10. The van der Waals surface area contributed by atoms with Gasteiger partial charge in [-0.1, -0.05) is 0 Å². The number of nitrogens with one attached hydrogen (secondary N) is 1. The molecule has 0 unspecified atom stereocenters. The van der Waals surface area contributed by atoms with Crippen molar-refractivity contribution in [1.29, 1.82) is 0 Å². The van der Waals surface area contributed by atoms with Crippen molar-refractivity contribution < 1.29 is 5.11 Å². The van der Waals surface area contributed by atoms with Crippen molar-refractivity contribution in [3.63, 3.8) is 0 Å². The van der Waals surface area contributed by atoms with Gasteiger partial charge in [0.1, 0.15) is 0 Å². The average Bonchev–Trinajstić information content (AvgIpc) is 1.85. The third-order valence-electron chi connectivity index (χ3n) is 1.72. The maximum Gasteiger partial charge on any atom is 0.0705 e. The molecule has 2 N–H and O–H groups in total. The van der Waals surface area contributed by atoms with E-state index in [1.807, 2.05) is 6.92 Å². The topological polar surface area (TPSA) is 32.3 Å². The van der Waals surface area contributed by atoms with Crippen LogP contribution in [0.5, 0.6) is 0 Å². The number of rotatable bonds is 0. The third kappa shape index (κ3) is 1.01. The van der Waals surface area contributed by atoms with Crippen molar-refractivity contribution in [3.8, 4) is 0 Å². The maximum atomic E-state index is 9.11. The van der Waals surface area contributed by atoms with Gasteiger partial charge in [0.25, 0.3) is 0 Å². The third-order valence-corrected chi connectivity index (χ3v) is 1.72. The van der Waals surface area contributed by atoms with Gasteiger partial charge in [0.15, 0.2) is 0 Å². The zero-order valence-corrected chi connectivity index (χ0v) is 5.39. The lowest BCUT2D eigenvalue weighted by atomic mass is 10.2. The molecule has 1 heterocycles. The predicted octanol–water partition coefficient (Wildman–Crippen LogP) is 0.118. The second kappa shape index (κ2) is 2.03. The molecule has 0 aromatic heterocycles. The molecule has 2 heteroatoms. The highest BCUT2D eigenvalue weighted by Gasteiger charge is 2.25. The van der Waals surface area contributed by atoms with Crippen molar-refractivity contribution in [2.45, 2.75) is 38.5 Å². The van der Waals surface area contributed by atoms with Crippen LogP contribution in [0.15, 0.2) is 0 Å². The van der Waals surface area contributed by atoms with E-state index < -0.39 is 0 Å². The lowest BCUT2D eigenvalue weighted by molar-refractivity contribution is 0.165. The lowest BCUT2D eigenvalue weighted by Gasteiger charge is -2.05. The molecule has 0 bridgehead atoms. The Morgan fingerprint density at radius 3 is 2.25 bits per heavy atom. The van der Waals surface area contributed by atoms with E-state index in [9.17, 15) is 0 Å². The average molecular weight is 115 g/mol. The van der Waals surface area contributed by atoms with E-state index in [0.29, 0.717) is 12.1 Å². The second-order valence-corrected chi connectivity index (χ2v) is 2.66. The number of aliphatic hydroxyl groups excluding tert-OH is 1. The van der Waals surface area contributed by atoms with Gasteiger partial charge in [-0.3, -0.25) is 0 Å². The molecule has 1 rings (SSSR count). The van der Waals surface area contributed by atoms with E-state index in [0.717, 1.165) is 6.42 Å². The van der Waals surface area contributed by atoms with Crippen LogP contribution in [-0.4, -0.2) is 23.3 Å². The Labute approximate surface area is 49.9 Å². The van der Waals surface area contributed by atoms with E-state index in [4.69, 9.17) is 5.11 Å². The summed E-state index contributed by atoms with van der Waals surface area (Å²) >= 11 is 0. The molecule has 0 amide bonds. The molecule has 0 spiro atoms. The molecule has 1 aliphatic rings. The van der Waals surface area contributed by atoms with Crippen molar-refractivity contribution in [1.82, 2.24) is 5.32 Å². The Hall–Kier alpha value is -0.0800. The summed E-state index contributed by atoms with van der Waals surface area (Å²) in [6, 6.07) is 0.796. The highest BCUT2D eigenvalue weighted by Crippen LogP contribution is 2.11. The van der Waals surface area contributed by atoms with Crippen LogP contribution < -0.4 is 5.32 Å². The molecule has 0 radical (unpaired) electrons. The molecular formula is C6H13NO. The maximum absolute atomic E-state index is 9.11. The van der Waals surface area contributed by atoms with Crippen molar-refractivity contribution in [2.75, 3.05) is 0 Å². The summed E-state index contributed by atoms with van der Waals surface area (Å²) in [5, 5.41) is 12.3. The zero-order chi connectivity index (χ0) is 6.15. The molecular weight excluding hydrogens is 102 g/mol. The molecule has 8 heavy (non-hydrogen) atoms. The smallest absolute Gasteiger partial charge is 0.0705 e. The van der Waals surface area contributed by atoms with E-state index in [2.05, 4.69) is 12.2 Å². The Morgan fingerprint density at radius 2 is 2.12 bits per heavy atom. The van der Waals surface area contributed by atoms with E-state index in [1.165, 1.54) is 0 Å². The summed E-state index contributed by atoms with van der Waals surface area (Å²) in [5.41, 5.74) is 0. The first-order chi connectivity index (χ1) is 3.70. The second-order valence-electron chi connectivity index (χ2n) is 2.66. The van der Waals surface area contributed by atoms with Gasteiger partial charge in [-0.25, -0.2) is 0 Å². The highest BCUT2D eigenvalue weighted by molar-refractivity contribution is 4.84. The molecule has 0 aliphatic carbocycles. The lowest BCUT2D eigenvalue weighted by Crippen LogP contribution is -2.28. The summed E-state index contributed by atoms with van der Waals surface area (Å²) in [6.07, 6.45) is 0.784. The Kier molecular flexibility index (Phi) is 1.54. The van der Waals surface area contributed by atoms with Crippen molar-refractivity contribution >= 4 is 0 Å². The minimum Gasteiger partial charge on any atom is -0.391 e. The Bertz CT molecular complexity index is 74.6. The minimum atomic E-state index is -0.120. The van der Waals surface area contributed by atoms with Crippen molar-refractivity contribution in [2.24, 2.45) is 0 Å². The fraction of sp³-hybridized carbons (Fsp3) is 1.00. The van der Waals surface area contributed by atoms with Gasteiger partial charge in [-0.05, 0) is 20.3 Å². The first kappa shape index (κ1) is 6.05. The number of hydrogen-bond acceptors (Lipinski definition) is 2. The Balaban J connectivity index is 2.39. The summed E-state index contributed by atoms with van der Waals surface area (Å²) in [4.78, 5) is 0. The number of hydrogen-bond donors (Lipinski definition) is 2. The van der Waals surface area contributed by atoms with Gasteiger partial charge in [-0.15, -0.1) is 0 Å². The SMILES string of the molecule is C[C@@H]1C[C@H](O)[C@@H](C)N1. The molecule has 48 valence electrons. The van der Waals surface area contributed by atoms with Gasteiger partial charge < -0.3 is 10.4 Å². The normalized spacial score (nSPS) is 47.6. The Morgan fingerprint density at radius 1 is 1.50 bits per heavy atom. The van der Waals surface area contributed by atoms with Crippen LogP contribution in [0.25, 0.3) is 0 Å². The molecule has 0 saturated carbocycles. The molecule has 0 aromatic carbocycles. The largest absolute Gasteiger partial charge is 0.391 e. The van der Waals surface area contributed by atoms with E-state index in [-0.39, 0.29) is 6.10 Å². The van der Waals surface area contributed by atoms with Crippen LogP contribution >= 0.6 is 0 Å². The van der Waals surface area contributed by atoms with E-state index >= 15 is 0 Å². The first-order valence-corrected chi connectivity index (χ1v) is 3.14. The minimum absolute atomic E-state index is 0.120. The standard InChI is InChI=1S/C6H13NO/c1-4-3-6(8)5(2)7-4/h4-8H,3H2,1-2H3/t4-,5-,6+/m1/s1. The quantitative estimate of drug-likeness (QED) is 0.470. The van der Waals surface area contributed by atoms with E-state index in [1.54, 1.807) is 0 Å². The van der Waals surface area contributed by atoms with Crippen LogP contribution in [0.4, 0.5) is 0 Å². The first-order valence-electron chi connectivity index (χ1n) is 3.14. The monoisotopic (exact) mass is 115 g/mol. The summed E-state index contributed by atoms with van der Waals surface area (Å²) in [7, 11) is 0. The molecule has 3 atom stereocenters. The fourth-order valence-electron chi connectivity index (χ4n) is 1.19. The predicted molar refractivity (Wildman–Crippen MR) is 32.7 cm³/mol. The fourth-order valence-corrected chi connectivity index (χ4v) is 1.19. The van der Waals surface area contributed by atoms with Crippen LogP contribution in [-0.2, 0) is 0 Å². The molecule has 1 fully saturated rings. The highest BCUT2D eigenvalue weighted by atomic mass is 16.3. The molecule has 1 saturated heterocycles. The van der Waals surface area contributed by atoms with Gasteiger partial charge in [0.05, 0.1) is 6.10 Å². The van der Waals surface area contributed by atoms with Crippen LogP contribution in [0.3, 0.4) is 0 Å². The van der Waals surface area contributed by atoms with Gasteiger partial charge in [0.2, 0.25) is 0 Å². The summed E-state index contributed by atoms with van der Waals surface area (Å²) in [5.74, 6) is 0. The van der Waals surface area contributed by atoms with Gasteiger partial charge >= 0.3 is 0 Å². The van der Waals surface area contributed by atoms with Gasteiger partial charge in [-0.2, -0.15) is 0 Å². The van der Waals surface area contributed by atoms with Crippen LogP contribution in [0.2, 0.25) is 0 Å². The van der Waals surface area contributed by atoms with Crippen LogP contribution in [0.1, 0.15) is 20.3 Å². The number of aliphatic hydroxyl groups is 1. The molecule has 2 nitrogen and oxygen atoms in total. The van der Waals surface area contributed by atoms with Crippen molar-refractivity contribution in [3.05, 3.63) is 0 Å². The summed E-state index contributed by atoms with van der Waals surface area (Å²) < 4.78 is 0. The molecule has 0 aromatic rings. The zero-order valence-electron chi connectivity index (χ0n) is 5.39. The van der Waals surface area contributed by atoms with Gasteiger partial charge in [0, 0.05) is 12.1 Å². The molecule has 1 aliphatic heterocycles. The van der Waals surface area contributed by atoms with Crippen LogP contribution in [0, 0.1) is 0 Å².